The van der Waals surface area contributed by atoms with Crippen molar-refractivity contribution < 1.29 is 18.7 Å². The highest BCUT2D eigenvalue weighted by Gasteiger charge is 2.16. The maximum atomic E-state index is 12.5. The third-order valence-electron chi connectivity index (χ3n) is 3.69. The first-order chi connectivity index (χ1) is 13.1. The van der Waals surface area contributed by atoms with Crippen molar-refractivity contribution in [1.82, 2.24) is 4.98 Å². The molecule has 0 aliphatic carbocycles. The van der Waals surface area contributed by atoms with E-state index < -0.39 is 11.5 Å². The third-order valence-corrected chi connectivity index (χ3v) is 3.99. The summed E-state index contributed by atoms with van der Waals surface area (Å²) in [6.45, 7) is 0.633. The van der Waals surface area contributed by atoms with E-state index in [1.165, 1.54) is 12.3 Å². The molecule has 0 radical (unpaired) electrons. The number of amides is 1. The summed E-state index contributed by atoms with van der Waals surface area (Å²) in [6.07, 6.45) is 1.50. The number of methoxy groups -OCH3 is 1. The summed E-state index contributed by atoms with van der Waals surface area (Å²) in [6, 6.07) is 11.4. The smallest absolute Gasteiger partial charge is 0.261 e. The molecular formula is C19H17ClN2O5. The molecule has 7 nitrogen and oxygen atoms in total. The van der Waals surface area contributed by atoms with Gasteiger partial charge in [-0.2, -0.15) is 0 Å². The van der Waals surface area contributed by atoms with Gasteiger partial charge in [-0.15, -0.1) is 0 Å². The van der Waals surface area contributed by atoms with Crippen LogP contribution in [0, 0.1) is 0 Å². The Bertz CT molecular complexity index is 982. The molecule has 2 aromatic heterocycles. The number of para-hydroxylation sites is 1. The van der Waals surface area contributed by atoms with E-state index in [2.05, 4.69) is 10.3 Å². The van der Waals surface area contributed by atoms with E-state index in [-0.39, 0.29) is 12.2 Å². The van der Waals surface area contributed by atoms with E-state index in [0.29, 0.717) is 34.5 Å². The van der Waals surface area contributed by atoms with Gasteiger partial charge in [-0.1, -0.05) is 17.7 Å². The van der Waals surface area contributed by atoms with E-state index in [1.54, 1.807) is 43.5 Å². The van der Waals surface area contributed by atoms with Crippen LogP contribution >= 0.6 is 11.6 Å². The average molecular weight is 389 g/mol. The predicted octanol–water partition coefficient (Wildman–Crippen LogP) is 3.57. The number of pyridine rings is 1. The lowest BCUT2D eigenvalue weighted by Crippen LogP contribution is -2.23. The van der Waals surface area contributed by atoms with E-state index in [4.69, 9.17) is 25.5 Å². The number of furan rings is 1. The zero-order chi connectivity index (χ0) is 19.2. The number of ether oxygens (including phenoxy) is 2. The molecule has 0 bridgehead atoms. The fraction of sp³-hybridized carbons (Fsp3) is 0.158. The number of halogens is 1. The second kappa shape index (κ2) is 8.57. The summed E-state index contributed by atoms with van der Waals surface area (Å²) >= 11 is 6.15. The van der Waals surface area contributed by atoms with Gasteiger partial charge < -0.3 is 24.2 Å². The second-order valence-corrected chi connectivity index (χ2v) is 5.91. The zero-order valence-electron chi connectivity index (χ0n) is 14.5. The second-order valence-electron chi connectivity index (χ2n) is 5.50. The maximum Gasteiger partial charge on any atom is 0.261 e. The maximum absolute atomic E-state index is 12.5. The molecule has 0 fully saturated rings. The molecule has 2 N–H and O–H groups in total. The number of anilines is 1. The number of aromatic nitrogens is 1. The van der Waals surface area contributed by atoms with Crippen LogP contribution in [0.1, 0.15) is 10.4 Å². The Balaban J connectivity index is 1.82. The highest BCUT2D eigenvalue weighted by molar-refractivity contribution is 6.32. The SMILES string of the molecule is COCCOc1c(Cl)cccc1NC(=O)c1ccc(-c2ccco2)[nH]c1=O. The number of hydrogen-bond donors (Lipinski definition) is 2. The molecular weight excluding hydrogens is 372 g/mol. The van der Waals surface area contributed by atoms with Gasteiger partial charge >= 0.3 is 0 Å². The molecule has 0 spiro atoms. The molecule has 0 saturated heterocycles. The van der Waals surface area contributed by atoms with Crippen LogP contribution in [-0.4, -0.2) is 31.2 Å². The lowest BCUT2D eigenvalue weighted by atomic mass is 10.2. The van der Waals surface area contributed by atoms with Crippen molar-refractivity contribution >= 4 is 23.2 Å². The molecule has 8 heteroatoms. The van der Waals surface area contributed by atoms with Crippen molar-refractivity contribution in [3.8, 4) is 17.2 Å². The number of H-pyrrole nitrogens is 1. The van der Waals surface area contributed by atoms with E-state index in [1.807, 2.05) is 0 Å². The van der Waals surface area contributed by atoms with Crippen molar-refractivity contribution in [1.29, 1.82) is 0 Å². The van der Waals surface area contributed by atoms with Gasteiger partial charge in [0.1, 0.15) is 17.9 Å². The summed E-state index contributed by atoms with van der Waals surface area (Å²) < 4.78 is 15.8. The van der Waals surface area contributed by atoms with Crippen molar-refractivity contribution in [3.05, 3.63) is 69.7 Å². The number of aromatic amines is 1. The molecule has 0 aliphatic rings. The number of hydrogen-bond acceptors (Lipinski definition) is 5. The Morgan fingerprint density at radius 3 is 2.74 bits per heavy atom. The largest absolute Gasteiger partial charge is 0.487 e. The number of benzene rings is 1. The molecule has 2 heterocycles. The van der Waals surface area contributed by atoms with Gasteiger partial charge in [0.15, 0.2) is 5.75 Å². The zero-order valence-corrected chi connectivity index (χ0v) is 15.2. The Morgan fingerprint density at radius 1 is 1.19 bits per heavy atom. The van der Waals surface area contributed by atoms with Crippen LogP contribution in [0.15, 0.2) is 57.9 Å². The lowest BCUT2D eigenvalue weighted by molar-refractivity contribution is 0.102. The Labute approximate surface area is 159 Å². The van der Waals surface area contributed by atoms with Crippen molar-refractivity contribution in [3.63, 3.8) is 0 Å². The van der Waals surface area contributed by atoms with E-state index in [9.17, 15) is 9.59 Å². The van der Waals surface area contributed by atoms with Crippen LogP contribution in [0.3, 0.4) is 0 Å². The minimum Gasteiger partial charge on any atom is -0.487 e. The first-order valence-corrected chi connectivity index (χ1v) is 8.46. The highest BCUT2D eigenvalue weighted by atomic mass is 35.5. The van der Waals surface area contributed by atoms with Crippen LogP contribution in [0.4, 0.5) is 5.69 Å². The summed E-state index contributed by atoms with van der Waals surface area (Å²) in [5.41, 5.74) is 0.254. The van der Waals surface area contributed by atoms with Crippen LogP contribution in [0.2, 0.25) is 5.02 Å². The average Bonchev–Trinajstić information content (AvgIpc) is 3.18. The van der Waals surface area contributed by atoms with Crippen LogP contribution in [0.5, 0.6) is 5.75 Å². The Kier molecular flexibility index (Phi) is 5.95. The van der Waals surface area contributed by atoms with Crippen molar-refractivity contribution in [2.75, 3.05) is 25.6 Å². The summed E-state index contributed by atoms with van der Waals surface area (Å²) in [7, 11) is 1.55. The van der Waals surface area contributed by atoms with Gasteiger partial charge in [0.05, 0.1) is 29.3 Å². The van der Waals surface area contributed by atoms with Gasteiger partial charge in [-0.3, -0.25) is 9.59 Å². The van der Waals surface area contributed by atoms with Crippen molar-refractivity contribution in [2.24, 2.45) is 0 Å². The van der Waals surface area contributed by atoms with Gasteiger partial charge in [-0.05, 0) is 36.4 Å². The topological polar surface area (TPSA) is 93.6 Å². The molecule has 0 unspecified atom stereocenters. The number of carbonyl (C=O) groups is 1. The summed E-state index contributed by atoms with van der Waals surface area (Å²) in [5.74, 6) is 0.233. The van der Waals surface area contributed by atoms with Crippen LogP contribution in [-0.2, 0) is 4.74 Å². The number of nitrogens with one attached hydrogen (secondary N) is 2. The third kappa shape index (κ3) is 4.39. The predicted molar refractivity (Wildman–Crippen MR) is 102 cm³/mol. The van der Waals surface area contributed by atoms with Crippen molar-refractivity contribution in [2.45, 2.75) is 0 Å². The van der Waals surface area contributed by atoms with Crippen LogP contribution in [0.25, 0.3) is 11.5 Å². The normalized spacial score (nSPS) is 10.6. The molecule has 0 aliphatic heterocycles. The lowest BCUT2D eigenvalue weighted by Gasteiger charge is -2.13. The van der Waals surface area contributed by atoms with Gasteiger partial charge in [0.2, 0.25) is 0 Å². The molecule has 140 valence electrons. The van der Waals surface area contributed by atoms with Crippen LogP contribution < -0.4 is 15.6 Å². The molecule has 0 atom stereocenters. The summed E-state index contributed by atoms with van der Waals surface area (Å²) in [5, 5.41) is 3.00. The minimum absolute atomic E-state index is 0.0480. The number of rotatable bonds is 7. The standard InChI is InChI=1S/C19H17ClN2O5/c1-25-10-11-27-17-13(20)4-2-5-15(17)22-19(24)12-7-8-14(21-18(12)23)16-6-3-9-26-16/h2-9H,10-11H2,1H3,(H,21,23)(H,22,24). The van der Waals surface area contributed by atoms with Gasteiger partial charge in [0, 0.05) is 7.11 Å². The fourth-order valence-corrected chi connectivity index (χ4v) is 2.63. The molecule has 3 rings (SSSR count). The summed E-state index contributed by atoms with van der Waals surface area (Å²) in [4.78, 5) is 27.5. The fourth-order valence-electron chi connectivity index (χ4n) is 2.40. The molecule has 1 aromatic carbocycles. The molecule has 0 saturated carbocycles. The number of carbonyl (C=O) groups excluding carboxylic acids is 1. The van der Waals surface area contributed by atoms with Gasteiger partial charge in [0.25, 0.3) is 11.5 Å². The molecule has 27 heavy (non-hydrogen) atoms. The minimum atomic E-state index is -0.582. The highest BCUT2D eigenvalue weighted by Crippen LogP contribution is 2.33. The Morgan fingerprint density at radius 2 is 2.04 bits per heavy atom. The van der Waals surface area contributed by atoms with E-state index >= 15 is 0 Å². The monoisotopic (exact) mass is 388 g/mol. The first kappa shape index (κ1) is 18.8. The molecule has 1 amide bonds. The Hall–Kier alpha value is -3.03. The molecule has 3 aromatic rings. The first-order valence-electron chi connectivity index (χ1n) is 8.09. The quantitative estimate of drug-likeness (QED) is 0.603. The van der Waals surface area contributed by atoms with Gasteiger partial charge in [-0.25, -0.2) is 0 Å². The van der Waals surface area contributed by atoms with E-state index in [0.717, 1.165) is 0 Å².